The van der Waals surface area contributed by atoms with Gasteiger partial charge < -0.3 is 30.2 Å². The fourth-order valence-corrected chi connectivity index (χ4v) is 7.54. The molecule has 8 rings (SSSR count). The van der Waals surface area contributed by atoms with E-state index in [1.807, 2.05) is 77.2 Å². The Morgan fingerprint density at radius 2 is 1.78 bits per heavy atom. The van der Waals surface area contributed by atoms with Crippen molar-refractivity contribution in [2.75, 3.05) is 18.4 Å². The van der Waals surface area contributed by atoms with Gasteiger partial charge in [-0.2, -0.15) is 4.98 Å². The highest BCUT2D eigenvalue weighted by Crippen LogP contribution is 2.38. The minimum atomic E-state index is -0.628. The third kappa shape index (κ3) is 8.84. The second-order valence-electron chi connectivity index (χ2n) is 16.4. The SMILES string of the molecule is Cc1cc(-c2ncnc3[nH]c(-c4ccc(NCCNC5CC(c6ccc(O[C@H]7CCC(=O)NC7=O)cc6)C5)nc4)cc23)ccc1[C@@H](C)NC(=O)c1nc(C(C)(C)C)no1. The van der Waals surface area contributed by atoms with Gasteiger partial charge in [0.15, 0.2) is 11.9 Å². The molecule has 1 saturated carbocycles. The summed E-state index contributed by atoms with van der Waals surface area (Å²) in [5.74, 6) is 1.30. The lowest BCUT2D eigenvalue weighted by Gasteiger charge is -2.36. The van der Waals surface area contributed by atoms with Gasteiger partial charge in [0, 0.05) is 65.8 Å². The summed E-state index contributed by atoms with van der Waals surface area (Å²) in [6, 6.07) is 20.2. The Bertz CT molecular complexity index is 2480. The number of pyridine rings is 1. The zero-order valence-corrected chi connectivity index (χ0v) is 33.8. The molecule has 3 amide bonds. The van der Waals surface area contributed by atoms with Crippen molar-refractivity contribution in [1.29, 1.82) is 0 Å². The maximum Gasteiger partial charge on any atom is 0.315 e. The van der Waals surface area contributed by atoms with E-state index in [0.29, 0.717) is 36.4 Å². The van der Waals surface area contributed by atoms with Crippen LogP contribution in [0.4, 0.5) is 5.82 Å². The van der Waals surface area contributed by atoms with Gasteiger partial charge in [-0.25, -0.2) is 15.0 Å². The van der Waals surface area contributed by atoms with Crippen LogP contribution in [-0.2, 0) is 15.0 Å². The summed E-state index contributed by atoms with van der Waals surface area (Å²) in [4.78, 5) is 57.8. The monoisotopic (exact) mass is 796 g/mol. The van der Waals surface area contributed by atoms with Crippen LogP contribution in [0.2, 0.25) is 0 Å². The summed E-state index contributed by atoms with van der Waals surface area (Å²) in [5, 5.41) is 17.2. The second-order valence-corrected chi connectivity index (χ2v) is 16.4. The van der Waals surface area contributed by atoms with Crippen molar-refractivity contribution in [2.24, 2.45) is 0 Å². The van der Waals surface area contributed by atoms with E-state index in [1.54, 1.807) is 6.33 Å². The van der Waals surface area contributed by atoms with Crippen molar-refractivity contribution >= 4 is 34.6 Å². The maximum absolute atomic E-state index is 12.9. The van der Waals surface area contributed by atoms with Gasteiger partial charge in [-0.15, -0.1) is 0 Å². The van der Waals surface area contributed by atoms with Gasteiger partial charge in [-0.1, -0.05) is 50.2 Å². The fourth-order valence-electron chi connectivity index (χ4n) is 7.54. The number of carbonyl (C=O) groups excluding carboxylic acids is 3. The summed E-state index contributed by atoms with van der Waals surface area (Å²) in [6.45, 7) is 11.4. The van der Waals surface area contributed by atoms with E-state index in [4.69, 9.17) is 9.26 Å². The van der Waals surface area contributed by atoms with Gasteiger partial charge >= 0.3 is 11.8 Å². The summed E-state index contributed by atoms with van der Waals surface area (Å²) in [5.41, 5.74) is 7.18. The summed E-state index contributed by atoms with van der Waals surface area (Å²) in [7, 11) is 0. The van der Waals surface area contributed by atoms with Crippen LogP contribution >= 0.6 is 0 Å². The predicted molar refractivity (Wildman–Crippen MR) is 222 cm³/mol. The van der Waals surface area contributed by atoms with Crippen LogP contribution in [0.1, 0.15) is 98.5 Å². The minimum Gasteiger partial charge on any atom is -0.481 e. The predicted octanol–water partition coefficient (Wildman–Crippen LogP) is 6.30. The van der Waals surface area contributed by atoms with Gasteiger partial charge in [0.1, 0.15) is 23.5 Å². The molecule has 0 bridgehead atoms. The van der Waals surface area contributed by atoms with Crippen LogP contribution < -0.4 is 26.0 Å². The number of imide groups is 1. The van der Waals surface area contributed by atoms with Crippen LogP contribution in [0.15, 0.2) is 77.7 Å². The summed E-state index contributed by atoms with van der Waals surface area (Å²) < 4.78 is 11.0. The molecule has 1 saturated heterocycles. The van der Waals surface area contributed by atoms with Crippen molar-refractivity contribution < 1.29 is 23.6 Å². The number of carbonyl (C=O) groups is 3. The Labute approximate surface area is 341 Å². The van der Waals surface area contributed by atoms with E-state index in [-0.39, 0.29) is 29.2 Å². The zero-order chi connectivity index (χ0) is 41.3. The third-order valence-corrected chi connectivity index (χ3v) is 11.0. The number of aryl methyl sites for hydroxylation is 1. The number of benzene rings is 2. The molecule has 59 heavy (non-hydrogen) atoms. The topological polar surface area (TPSA) is 202 Å². The third-order valence-electron chi connectivity index (χ3n) is 11.0. The molecule has 15 nitrogen and oxygen atoms in total. The van der Waals surface area contributed by atoms with Gasteiger partial charge in [0.05, 0.1) is 11.7 Å². The van der Waals surface area contributed by atoms with Gasteiger partial charge in [-0.3, -0.25) is 19.7 Å². The molecule has 0 radical (unpaired) electrons. The normalized spacial score (nSPS) is 18.6. The molecular weight excluding hydrogens is 749 g/mol. The number of rotatable bonds is 13. The van der Waals surface area contributed by atoms with E-state index in [0.717, 1.165) is 76.4 Å². The molecule has 1 aliphatic carbocycles. The maximum atomic E-state index is 12.9. The molecule has 4 aromatic heterocycles. The number of ether oxygens (including phenoxy) is 1. The van der Waals surface area contributed by atoms with E-state index in [1.165, 1.54) is 5.56 Å². The lowest BCUT2D eigenvalue weighted by Crippen LogP contribution is -2.46. The van der Waals surface area contributed by atoms with Crippen LogP contribution in [-0.4, -0.2) is 73.0 Å². The molecule has 15 heteroatoms. The average Bonchev–Trinajstić information content (AvgIpc) is 3.88. The van der Waals surface area contributed by atoms with Crippen molar-refractivity contribution in [1.82, 2.24) is 46.0 Å². The number of piperidine rings is 1. The number of H-pyrrole nitrogens is 1. The van der Waals surface area contributed by atoms with E-state index >= 15 is 0 Å². The molecule has 6 aromatic rings. The number of nitrogens with one attached hydrogen (secondary N) is 5. The molecule has 2 atom stereocenters. The largest absolute Gasteiger partial charge is 0.481 e. The number of hydrogen-bond donors (Lipinski definition) is 5. The zero-order valence-electron chi connectivity index (χ0n) is 33.8. The molecule has 304 valence electrons. The minimum absolute atomic E-state index is 0.0560. The Kier molecular flexibility index (Phi) is 10.9. The van der Waals surface area contributed by atoms with Crippen molar-refractivity contribution in [3.63, 3.8) is 0 Å². The van der Waals surface area contributed by atoms with E-state index in [2.05, 4.69) is 75.6 Å². The summed E-state index contributed by atoms with van der Waals surface area (Å²) >= 11 is 0. The van der Waals surface area contributed by atoms with Gasteiger partial charge in [0.25, 0.3) is 5.91 Å². The molecule has 5 N–H and O–H groups in total. The first-order valence-corrected chi connectivity index (χ1v) is 20.0. The smallest absolute Gasteiger partial charge is 0.315 e. The number of hydrogen-bond acceptors (Lipinski definition) is 12. The fraction of sp³-hybridized carbons (Fsp3) is 0.364. The Balaban J connectivity index is 0.811. The quantitative estimate of drug-likeness (QED) is 0.0646. The van der Waals surface area contributed by atoms with Crippen LogP contribution in [0, 0.1) is 6.92 Å². The highest BCUT2D eigenvalue weighted by molar-refractivity contribution is 6.00. The van der Waals surface area contributed by atoms with Crippen molar-refractivity contribution in [3.05, 3.63) is 102 Å². The number of aromatic amines is 1. The highest BCUT2D eigenvalue weighted by Gasteiger charge is 2.31. The van der Waals surface area contributed by atoms with E-state index in [9.17, 15) is 14.4 Å². The standard InChI is InChI=1S/C44H48N10O5/c1-24-18-27(8-12-32(24)25(2)50-41(57)42-53-43(54-59-42)44(3,4)5)38-33-21-34(51-39(33)49-23-48-38)28-9-14-36(47-22-28)46-17-16-45-30-19-29(20-30)26-6-10-31(11-7-26)58-35-13-15-37(55)52-40(35)56/h6-12,14,18,21-23,25,29-30,35,45H,13,15-17,19-20H2,1-5H3,(H,46,47)(H,50,57)(H,48,49,51)(H,52,55,56)/t25-,29?,30?,35+/m1/s1. The Morgan fingerprint density at radius 3 is 2.49 bits per heavy atom. The van der Waals surface area contributed by atoms with Gasteiger partial charge in [0.2, 0.25) is 5.91 Å². The van der Waals surface area contributed by atoms with Crippen molar-refractivity contribution in [2.45, 2.75) is 89.8 Å². The number of nitrogens with zero attached hydrogens (tertiary/aromatic N) is 5. The summed E-state index contributed by atoms with van der Waals surface area (Å²) in [6.07, 6.45) is 5.59. The van der Waals surface area contributed by atoms with Crippen LogP contribution in [0.25, 0.3) is 33.5 Å². The number of amides is 3. The van der Waals surface area contributed by atoms with Crippen LogP contribution in [0.3, 0.4) is 0 Å². The molecule has 2 aliphatic rings. The molecule has 2 fully saturated rings. The molecule has 1 aliphatic heterocycles. The Morgan fingerprint density at radius 1 is 0.983 bits per heavy atom. The lowest BCUT2D eigenvalue weighted by atomic mass is 9.76. The van der Waals surface area contributed by atoms with E-state index < -0.39 is 12.0 Å². The molecule has 2 aromatic carbocycles. The highest BCUT2D eigenvalue weighted by atomic mass is 16.5. The first-order chi connectivity index (χ1) is 28.4. The first kappa shape index (κ1) is 39.4. The van der Waals surface area contributed by atoms with Crippen molar-refractivity contribution in [3.8, 4) is 28.3 Å². The second kappa shape index (κ2) is 16.4. The molecule has 0 spiro atoms. The average molecular weight is 797 g/mol. The molecule has 0 unspecified atom stereocenters. The number of fused-ring (bicyclic) bond motifs is 1. The molecular formula is C44H48N10O5. The van der Waals surface area contributed by atoms with Gasteiger partial charge in [-0.05, 0) is 85.7 Å². The van der Waals surface area contributed by atoms with Crippen LogP contribution in [0.5, 0.6) is 5.75 Å². The number of aromatic nitrogens is 6. The molecule has 5 heterocycles. The number of anilines is 1. The Hall–Kier alpha value is -6.48. The lowest BCUT2D eigenvalue weighted by molar-refractivity contribution is -0.138. The first-order valence-electron chi connectivity index (χ1n) is 20.0.